The van der Waals surface area contributed by atoms with E-state index < -0.39 is 0 Å². The summed E-state index contributed by atoms with van der Waals surface area (Å²) in [7, 11) is 1.77. The van der Waals surface area contributed by atoms with Crippen LogP contribution in [-0.4, -0.2) is 62.1 Å². The fraction of sp³-hybridized carbons (Fsp3) is 0.875. The second kappa shape index (κ2) is 12.8. The molecule has 23 heavy (non-hydrogen) atoms. The molecule has 0 aliphatic carbocycles. The van der Waals surface area contributed by atoms with E-state index in [1.807, 2.05) is 13.8 Å². The van der Waals surface area contributed by atoms with Gasteiger partial charge < -0.3 is 20.9 Å². The Morgan fingerprint density at radius 1 is 1.30 bits per heavy atom. The molecule has 0 saturated carbocycles. The molecule has 1 rings (SSSR count). The summed E-state index contributed by atoms with van der Waals surface area (Å²) in [6, 6.07) is 0.669. The zero-order valence-corrected chi connectivity index (χ0v) is 17.4. The van der Waals surface area contributed by atoms with Crippen molar-refractivity contribution in [3.63, 3.8) is 0 Å². The Bertz CT molecular complexity index is 354. The van der Waals surface area contributed by atoms with Crippen LogP contribution < -0.4 is 16.0 Å². The molecule has 0 unspecified atom stereocenters. The summed E-state index contributed by atoms with van der Waals surface area (Å²) in [5.41, 5.74) is 0. The fourth-order valence-corrected chi connectivity index (χ4v) is 2.69. The number of nitrogens with one attached hydrogen (secondary N) is 3. The highest BCUT2D eigenvalue weighted by Gasteiger charge is 2.19. The predicted molar refractivity (Wildman–Crippen MR) is 108 cm³/mol. The maximum atomic E-state index is 11.6. The third kappa shape index (κ3) is 10.0. The number of piperidine rings is 1. The van der Waals surface area contributed by atoms with Crippen LogP contribution in [0.1, 0.15) is 46.5 Å². The lowest BCUT2D eigenvalue weighted by Gasteiger charge is -2.32. The van der Waals surface area contributed by atoms with Crippen LogP contribution in [0.15, 0.2) is 4.99 Å². The summed E-state index contributed by atoms with van der Waals surface area (Å²) in [5, 5.41) is 9.57. The van der Waals surface area contributed by atoms with Gasteiger partial charge in [-0.05, 0) is 39.7 Å². The molecular weight excluding hydrogens is 405 g/mol. The molecular formula is C16H34IN5O. The summed E-state index contributed by atoms with van der Waals surface area (Å²) in [4.78, 5) is 18.4. The summed E-state index contributed by atoms with van der Waals surface area (Å²) in [6.07, 6.45) is 3.98. The number of likely N-dealkylation sites (tertiary alicyclic amines) is 1. The first-order valence-electron chi connectivity index (χ1n) is 8.54. The van der Waals surface area contributed by atoms with Crippen LogP contribution in [0.2, 0.25) is 0 Å². The van der Waals surface area contributed by atoms with Crippen LogP contribution >= 0.6 is 24.0 Å². The lowest BCUT2D eigenvalue weighted by atomic mass is 10.1. The van der Waals surface area contributed by atoms with Crippen molar-refractivity contribution in [2.24, 2.45) is 4.99 Å². The van der Waals surface area contributed by atoms with Crippen molar-refractivity contribution in [2.45, 2.75) is 58.5 Å². The summed E-state index contributed by atoms with van der Waals surface area (Å²) >= 11 is 0. The first-order valence-corrected chi connectivity index (χ1v) is 8.54. The van der Waals surface area contributed by atoms with E-state index in [0.717, 1.165) is 31.9 Å². The maximum absolute atomic E-state index is 11.6. The molecule has 136 valence electrons. The van der Waals surface area contributed by atoms with Crippen LogP contribution in [0.25, 0.3) is 0 Å². The normalized spacial score (nSPS) is 16.8. The summed E-state index contributed by atoms with van der Waals surface area (Å²) in [5.74, 6) is 0.872. The molecule has 0 aromatic carbocycles. The molecule has 7 heteroatoms. The molecule has 1 amide bonds. The lowest BCUT2D eigenvalue weighted by molar-refractivity contribution is -0.121. The van der Waals surface area contributed by atoms with Gasteiger partial charge in [0, 0.05) is 45.2 Å². The standard InChI is InChI=1S/C16H33N5O.HI/c1-5-10-21-11-7-14(8-12-21)20-16(17-4)18-9-6-15(22)19-13(2)3;/h13-14H,5-12H2,1-4H3,(H,19,22)(H2,17,18,20);1H. The Labute approximate surface area is 158 Å². The molecule has 1 saturated heterocycles. The first kappa shape index (κ1) is 22.4. The summed E-state index contributed by atoms with van der Waals surface area (Å²) < 4.78 is 0. The van der Waals surface area contributed by atoms with Gasteiger partial charge in [0.2, 0.25) is 5.91 Å². The van der Waals surface area contributed by atoms with Gasteiger partial charge >= 0.3 is 0 Å². The number of guanidine groups is 1. The first-order chi connectivity index (χ1) is 10.5. The second-order valence-electron chi connectivity index (χ2n) is 6.23. The van der Waals surface area contributed by atoms with Crippen molar-refractivity contribution >= 4 is 35.8 Å². The topological polar surface area (TPSA) is 68.8 Å². The van der Waals surface area contributed by atoms with Crippen molar-refractivity contribution in [3.05, 3.63) is 0 Å². The second-order valence-corrected chi connectivity index (χ2v) is 6.23. The quantitative estimate of drug-likeness (QED) is 0.320. The zero-order valence-electron chi connectivity index (χ0n) is 15.0. The van der Waals surface area contributed by atoms with Crippen LogP contribution in [0.4, 0.5) is 0 Å². The number of hydrogen-bond acceptors (Lipinski definition) is 3. The van der Waals surface area contributed by atoms with Crippen molar-refractivity contribution in [1.29, 1.82) is 0 Å². The molecule has 0 spiro atoms. The average molecular weight is 439 g/mol. The van der Waals surface area contributed by atoms with Crippen molar-refractivity contribution in [2.75, 3.05) is 33.2 Å². The molecule has 3 N–H and O–H groups in total. The third-order valence-corrected chi connectivity index (χ3v) is 3.79. The zero-order chi connectivity index (χ0) is 16.4. The van der Waals surface area contributed by atoms with Gasteiger partial charge in [0.15, 0.2) is 5.96 Å². The molecule has 0 aromatic rings. The minimum atomic E-state index is 0. The Kier molecular flexibility index (Phi) is 12.5. The number of halogens is 1. The van der Waals surface area contributed by atoms with Crippen LogP contribution in [0.3, 0.4) is 0 Å². The van der Waals surface area contributed by atoms with Gasteiger partial charge in [-0.25, -0.2) is 0 Å². The van der Waals surface area contributed by atoms with Gasteiger partial charge in [-0.1, -0.05) is 6.92 Å². The van der Waals surface area contributed by atoms with Gasteiger partial charge in [-0.3, -0.25) is 9.79 Å². The van der Waals surface area contributed by atoms with E-state index >= 15 is 0 Å². The fourth-order valence-electron chi connectivity index (χ4n) is 2.69. The lowest BCUT2D eigenvalue weighted by Crippen LogP contribution is -2.49. The van der Waals surface area contributed by atoms with E-state index in [0.29, 0.717) is 19.0 Å². The van der Waals surface area contributed by atoms with E-state index in [2.05, 4.69) is 32.8 Å². The molecule has 1 heterocycles. The Morgan fingerprint density at radius 2 is 1.96 bits per heavy atom. The Balaban J connectivity index is 0.00000484. The average Bonchev–Trinajstić information content (AvgIpc) is 2.47. The number of nitrogens with zero attached hydrogens (tertiary/aromatic N) is 2. The van der Waals surface area contributed by atoms with E-state index in [1.54, 1.807) is 7.05 Å². The van der Waals surface area contributed by atoms with E-state index in [4.69, 9.17) is 0 Å². The largest absolute Gasteiger partial charge is 0.356 e. The van der Waals surface area contributed by atoms with Crippen molar-refractivity contribution < 1.29 is 4.79 Å². The third-order valence-electron chi connectivity index (χ3n) is 3.79. The van der Waals surface area contributed by atoms with Crippen molar-refractivity contribution in [3.8, 4) is 0 Å². The number of hydrogen-bond donors (Lipinski definition) is 3. The molecule has 1 aliphatic rings. The van der Waals surface area contributed by atoms with Gasteiger partial charge in [-0.2, -0.15) is 0 Å². The maximum Gasteiger partial charge on any atom is 0.221 e. The monoisotopic (exact) mass is 439 g/mol. The van der Waals surface area contributed by atoms with Gasteiger partial charge in [0.1, 0.15) is 0 Å². The van der Waals surface area contributed by atoms with Crippen LogP contribution in [0, 0.1) is 0 Å². The smallest absolute Gasteiger partial charge is 0.221 e. The van der Waals surface area contributed by atoms with Crippen LogP contribution in [0.5, 0.6) is 0 Å². The van der Waals surface area contributed by atoms with E-state index in [-0.39, 0.29) is 35.9 Å². The molecule has 0 aromatic heterocycles. The molecule has 6 nitrogen and oxygen atoms in total. The molecule has 0 bridgehead atoms. The number of rotatable bonds is 7. The van der Waals surface area contributed by atoms with E-state index in [1.165, 1.54) is 13.0 Å². The minimum Gasteiger partial charge on any atom is -0.356 e. The molecule has 1 fully saturated rings. The highest BCUT2D eigenvalue weighted by Crippen LogP contribution is 2.10. The van der Waals surface area contributed by atoms with Crippen LogP contribution in [-0.2, 0) is 4.79 Å². The number of carbonyl (C=O) groups excluding carboxylic acids is 1. The van der Waals surface area contributed by atoms with Gasteiger partial charge in [0.25, 0.3) is 0 Å². The Hall–Kier alpha value is -0.570. The Morgan fingerprint density at radius 3 is 2.48 bits per heavy atom. The SMILES string of the molecule is CCCN1CCC(NC(=NC)NCCC(=O)NC(C)C)CC1.I. The highest BCUT2D eigenvalue weighted by molar-refractivity contribution is 14.0. The molecule has 1 aliphatic heterocycles. The van der Waals surface area contributed by atoms with Gasteiger partial charge in [-0.15, -0.1) is 24.0 Å². The molecule has 0 radical (unpaired) electrons. The minimum absolute atomic E-state index is 0. The predicted octanol–water partition coefficient (Wildman–Crippen LogP) is 1.56. The highest BCUT2D eigenvalue weighted by atomic mass is 127. The molecule has 0 atom stereocenters. The van der Waals surface area contributed by atoms with Gasteiger partial charge in [0.05, 0.1) is 0 Å². The van der Waals surface area contributed by atoms with E-state index in [9.17, 15) is 4.79 Å². The summed E-state index contributed by atoms with van der Waals surface area (Å²) in [6.45, 7) is 10.3. The number of carbonyl (C=O) groups is 1. The number of aliphatic imine (C=N–C) groups is 1. The van der Waals surface area contributed by atoms with Crippen molar-refractivity contribution in [1.82, 2.24) is 20.9 Å². The number of amides is 1.